The highest BCUT2D eigenvalue weighted by molar-refractivity contribution is 5.90. The van der Waals surface area contributed by atoms with Crippen LogP contribution < -0.4 is 10.1 Å². The van der Waals surface area contributed by atoms with Crippen LogP contribution in [0.2, 0.25) is 0 Å². The smallest absolute Gasteiger partial charge is 0.224 e. The van der Waals surface area contributed by atoms with Gasteiger partial charge in [0.15, 0.2) is 0 Å². The van der Waals surface area contributed by atoms with Crippen LogP contribution in [0.4, 0.5) is 10.1 Å². The van der Waals surface area contributed by atoms with Crippen molar-refractivity contribution in [3.05, 3.63) is 53.3 Å². The standard InChI is InChI=1S/C32H41FN2O4/c1-32-19-28(31-23-10-7-21(36)17-20(23)6-9-24(31)25(32)11-13-29(32)37)39-22-8-12-27(26(33)18-22)34-30(38)5-4-16-35-14-2-3-15-35/h7-8,10,12,17-18,24-25,28-29,31,36-37H,2-6,9,11,13-16,19H2,1H3,(H,34,38)/t24-,25-,28-,29-,31+,32-/m0/s1. The number of carbonyl (C=O) groups is 1. The Morgan fingerprint density at radius 2 is 1.97 bits per heavy atom. The predicted molar refractivity (Wildman–Crippen MR) is 148 cm³/mol. The third kappa shape index (κ3) is 5.16. The molecule has 3 aliphatic carbocycles. The molecular weight excluding hydrogens is 495 g/mol. The molecule has 1 saturated heterocycles. The lowest BCUT2D eigenvalue weighted by atomic mass is 9.54. The summed E-state index contributed by atoms with van der Waals surface area (Å²) in [6, 6.07) is 10.3. The molecule has 1 aliphatic heterocycles. The van der Waals surface area contributed by atoms with Crippen LogP contribution in [0.15, 0.2) is 36.4 Å². The van der Waals surface area contributed by atoms with Gasteiger partial charge in [-0.25, -0.2) is 4.39 Å². The van der Waals surface area contributed by atoms with Gasteiger partial charge in [0.1, 0.15) is 23.4 Å². The van der Waals surface area contributed by atoms with Gasteiger partial charge in [0, 0.05) is 23.8 Å². The number of carbonyl (C=O) groups excluding carboxylic acids is 1. The lowest BCUT2D eigenvalue weighted by molar-refractivity contribution is -0.116. The molecule has 39 heavy (non-hydrogen) atoms. The first-order chi connectivity index (χ1) is 18.8. The van der Waals surface area contributed by atoms with Crippen LogP contribution in [0.3, 0.4) is 0 Å². The van der Waals surface area contributed by atoms with Crippen molar-refractivity contribution >= 4 is 11.6 Å². The van der Waals surface area contributed by atoms with Crippen LogP contribution in [0.5, 0.6) is 11.5 Å². The Hall–Kier alpha value is -2.64. The van der Waals surface area contributed by atoms with Gasteiger partial charge >= 0.3 is 0 Å². The molecule has 0 spiro atoms. The predicted octanol–water partition coefficient (Wildman–Crippen LogP) is 5.62. The summed E-state index contributed by atoms with van der Waals surface area (Å²) in [6.07, 6.45) is 7.41. The largest absolute Gasteiger partial charge is 0.508 e. The number of anilines is 1. The minimum atomic E-state index is -0.508. The third-order valence-corrected chi connectivity index (χ3v) is 10.2. The van der Waals surface area contributed by atoms with Gasteiger partial charge in [-0.3, -0.25) is 4.79 Å². The topological polar surface area (TPSA) is 82.0 Å². The zero-order valence-electron chi connectivity index (χ0n) is 22.9. The molecule has 2 aromatic rings. The molecule has 6 nitrogen and oxygen atoms in total. The summed E-state index contributed by atoms with van der Waals surface area (Å²) < 4.78 is 21.7. The highest BCUT2D eigenvalue weighted by Gasteiger charge is 2.58. The van der Waals surface area contributed by atoms with Crippen LogP contribution >= 0.6 is 0 Å². The molecule has 6 rings (SSSR count). The number of hydrogen-bond donors (Lipinski definition) is 3. The fourth-order valence-electron chi connectivity index (χ4n) is 8.23. The maximum Gasteiger partial charge on any atom is 0.224 e. The number of halogens is 1. The van der Waals surface area contributed by atoms with Crippen molar-refractivity contribution in [1.29, 1.82) is 0 Å². The lowest BCUT2D eigenvalue weighted by Crippen LogP contribution is -2.51. The number of hydrogen-bond acceptors (Lipinski definition) is 5. The SMILES string of the molecule is C[C@]12C[C@H](Oc3ccc(NC(=O)CCCN4CCCC4)c(F)c3)[C@@H]3c4ccc(O)cc4CC[C@H]3[C@@H]1CC[C@@H]2O. The summed E-state index contributed by atoms with van der Waals surface area (Å²) in [4.78, 5) is 14.8. The zero-order chi connectivity index (χ0) is 27.1. The Kier molecular flexibility index (Phi) is 7.32. The molecule has 0 radical (unpaired) electrons. The number of aryl methyl sites for hydroxylation is 1. The lowest BCUT2D eigenvalue weighted by Gasteiger charge is -2.53. The van der Waals surface area contributed by atoms with E-state index in [1.54, 1.807) is 18.2 Å². The Bertz CT molecular complexity index is 1210. The number of likely N-dealkylation sites (tertiary alicyclic amines) is 1. The molecule has 4 aliphatic rings. The summed E-state index contributed by atoms with van der Waals surface area (Å²) in [6.45, 7) is 5.31. The summed E-state index contributed by atoms with van der Waals surface area (Å²) in [7, 11) is 0. The van der Waals surface area contributed by atoms with Crippen LogP contribution in [0.1, 0.15) is 75.3 Å². The maximum atomic E-state index is 15.1. The molecule has 210 valence electrons. The number of nitrogens with zero attached hydrogens (tertiary/aromatic N) is 1. The van der Waals surface area contributed by atoms with E-state index in [1.807, 2.05) is 12.1 Å². The van der Waals surface area contributed by atoms with Crippen molar-refractivity contribution in [2.45, 2.75) is 82.8 Å². The summed E-state index contributed by atoms with van der Waals surface area (Å²) >= 11 is 0. The first-order valence-electron chi connectivity index (χ1n) is 14.8. The number of nitrogens with one attached hydrogen (secondary N) is 1. The normalized spacial score (nSPS) is 31.8. The van der Waals surface area contributed by atoms with E-state index in [4.69, 9.17) is 4.74 Å². The summed E-state index contributed by atoms with van der Waals surface area (Å²) in [5.41, 5.74) is 2.30. The van der Waals surface area contributed by atoms with Gasteiger partial charge in [-0.05, 0) is 118 Å². The molecule has 0 aromatic heterocycles. The molecule has 3 fully saturated rings. The number of fused-ring (bicyclic) bond motifs is 5. The molecule has 0 unspecified atom stereocenters. The molecule has 6 atom stereocenters. The Labute approximate surface area is 230 Å². The number of aliphatic hydroxyl groups is 1. The van der Waals surface area contributed by atoms with E-state index in [1.165, 1.54) is 24.5 Å². The molecule has 7 heteroatoms. The van der Waals surface area contributed by atoms with E-state index >= 15 is 4.39 Å². The second-order valence-corrected chi connectivity index (χ2v) is 12.5. The molecular formula is C32H41FN2O4. The number of rotatable bonds is 7. The average molecular weight is 537 g/mol. The first-order valence-corrected chi connectivity index (χ1v) is 14.8. The fourth-order valence-corrected chi connectivity index (χ4v) is 8.23. The van der Waals surface area contributed by atoms with Crippen molar-refractivity contribution in [2.75, 3.05) is 25.0 Å². The number of phenolic OH excluding ortho intramolecular Hbond substituents is 1. The van der Waals surface area contributed by atoms with E-state index in [9.17, 15) is 15.0 Å². The van der Waals surface area contributed by atoms with Crippen LogP contribution in [-0.4, -0.2) is 52.9 Å². The number of ether oxygens (including phenoxy) is 1. The zero-order valence-corrected chi connectivity index (χ0v) is 22.9. The van der Waals surface area contributed by atoms with Gasteiger partial charge in [-0.1, -0.05) is 13.0 Å². The molecule has 0 bridgehead atoms. The van der Waals surface area contributed by atoms with Crippen molar-refractivity contribution in [2.24, 2.45) is 17.3 Å². The third-order valence-electron chi connectivity index (χ3n) is 10.2. The number of aromatic hydroxyl groups is 1. The minimum absolute atomic E-state index is 0.121. The van der Waals surface area contributed by atoms with Crippen LogP contribution in [0.25, 0.3) is 0 Å². The number of amides is 1. The van der Waals surface area contributed by atoms with E-state index < -0.39 is 5.82 Å². The molecule has 2 aromatic carbocycles. The van der Waals surface area contributed by atoms with Crippen molar-refractivity contribution in [3.63, 3.8) is 0 Å². The van der Waals surface area contributed by atoms with Crippen molar-refractivity contribution in [1.82, 2.24) is 4.90 Å². The highest BCUT2D eigenvalue weighted by atomic mass is 19.1. The highest BCUT2D eigenvalue weighted by Crippen LogP contribution is 2.61. The Balaban J connectivity index is 1.18. The van der Waals surface area contributed by atoms with Gasteiger partial charge in [-0.15, -0.1) is 0 Å². The van der Waals surface area contributed by atoms with E-state index in [0.717, 1.165) is 57.3 Å². The van der Waals surface area contributed by atoms with Crippen molar-refractivity contribution in [3.8, 4) is 11.5 Å². The molecule has 3 N–H and O–H groups in total. The van der Waals surface area contributed by atoms with Gasteiger partial charge in [-0.2, -0.15) is 0 Å². The number of aliphatic hydroxyl groups excluding tert-OH is 1. The summed E-state index contributed by atoms with van der Waals surface area (Å²) in [5, 5.41) is 23.8. The number of benzene rings is 2. The molecule has 1 heterocycles. The van der Waals surface area contributed by atoms with Crippen molar-refractivity contribution < 1.29 is 24.1 Å². The maximum absolute atomic E-state index is 15.1. The van der Waals surface area contributed by atoms with E-state index in [-0.39, 0.29) is 40.9 Å². The number of phenols is 1. The second kappa shape index (κ2) is 10.7. The Morgan fingerprint density at radius 3 is 2.77 bits per heavy atom. The fraction of sp³-hybridized carbons (Fsp3) is 0.594. The quantitative estimate of drug-likeness (QED) is 0.428. The molecule has 1 amide bonds. The van der Waals surface area contributed by atoms with Gasteiger partial charge in [0.25, 0.3) is 0 Å². The van der Waals surface area contributed by atoms with Crippen LogP contribution in [-0.2, 0) is 11.2 Å². The van der Waals surface area contributed by atoms with Gasteiger partial charge < -0.3 is 25.2 Å². The van der Waals surface area contributed by atoms with E-state index in [2.05, 4.69) is 17.1 Å². The van der Waals surface area contributed by atoms with Gasteiger partial charge in [0.05, 0.1) is 11.8 Å². The average Bonchev–Trinajstić information content (AvgIpc) is 3.53. The minimum Gasteiger partial charge on any atom is -0.508 e. The first kappa shape index (κ1) is 26.6. The Morgan fingerprint density at radius 1 is 1.15 bits per heavy atom. The summed E-state index contributed by atoms with van der Waals surface area (Å²) in [5.74, 6) is 0.933. The monoisotopic (exact) mass is 536 g/mol. The van der Waals surface area contributed by atoms with Crippen LogP contribution in [0, 0.1) is 23.1 Å². The van der Waals surface area contributed by atoms with Gasteiger partial charge in [0.2, 0.25) is 5.91 Å². The second-order valence-electron chi connectivity index (χ2n) is 12.5. The van der Waals surface area contributed by atoms with E-state index in [0.29, 0.717) is 30.4 Å². The molecule has 2 saturated carbocycles.